The molecule has 0 radical (unpaired) electrons. The minimum Gasteiger partial charge on any atom is -0.454 e. The van der Waals surface area contributed by atoms with Crippen molar-refractivity contribution in [3.63, 3.8) is 0 Å². The normalized spacial score (nSPS) is 17.5. The van der Waals surface area contributed by atoms with Gasteiger partial charge in [-0.3, -0.25) is 14.5 Å². The second-order valence-corrected chi connectivity index (χ2v) is 10.6. The Morgan fingerprint density at radius 1 is 1.00 bits per heavy atom. The largest absolute Gasteiger partial charge is 0.454 e. The van der Waals surface area contributed by atoms with E-state index in [4.69, 9.17) is 14.5 Å². The minimum atomic E-state index is -0.567. The topological polar surface area (TPSA) is 80.2 Å². The summed E-state index contributed by atoms with van der Waals surface area (Å²) in [6.45, 7) is 8.44. The van der Waals surface area contributed by atoms with Crippen LogP contribution in [0.15, 0.2) is 59.6 Å². The maximum absolute atomic E-state index is 13.6. The third-order valence-electron chi connectivity index (χ3n) is 6.49. The van der Waals surface area contributed by atoms with Crippen molar-refractivity contribution < 1.29 is 19.1 Å². The molecule has 0 aromatic heterocycles. The van der Waals surface area contributed by atoms with Crippen LogP contribution in [0.5, 0.6) is 11.5 Å². The van der Waals surface area contributed by atoms with Gasteiger partial charge < -0.3 is 14.8 Å². The zero-order valence-corrected chi connectivity index (χ0v) is 22.1. The van der Waals surface area contributed by atoms with Gasteiger partial charge in [-0.25, -0.2) is 4.99 Å². The Bertz CT molecular complexity index is 1400. The SMILES string of the molecule is Cc1ccc(C)c(N=C2S[C@H](CC(=O)Nc3c(C)cccc3C)C(=O)N2Cc2ccc3c(c2)OCO3)c1. The van der Waals surface area contributed by atoms with Gasteiger partial charge in [0.1, 0.15) is 5.25 Å². The van der Waals surface area contributed by atoms with Crippen molar-refractivity contribution in [3.05, 3.63) is 82.4 Å². The molecular formula is C29H29N3O4S. The maximum atomic E-state index is 13.6. The molecule has 3 aromatic rings. The zero-order valence-electron chi connectivity index (χ0n) is 21.3. The molecule has 2 aliphatic rings. The fourth-order valence-electron chi connectivity index (χ4n) is 4.41. The molecule has 1 N–H and O–H groups in total. The second kappa shape index (κ2) is 10.3. The van der Waals surface area contributed by atoms with Gasteiger partial charge in [-0.05, 0) is 73.7 Å². The summed E-state index contributed by atoms with van der Waals surface area (Å²) < 4.78 is 10.9. The lowest BCUT2D eigenvalue weighted by Gasteiger charge is -2.17. The lowest BCUT2D eigenvalue weighted by molar-refractivity contribution is -0.128. The number of aliphatic imine (C=N–C) groups is 1. The number of carbonyl (C=O) groups excluding carboxylic acids is 2. The van der Waals surface area contributed by atoms with Crippen LogP contribution < -0.4 is 14.8 Å². The summed E-state index contributed by atoms with van der Waals surface area (Å²) in [4.78, 5) is 33.2. The molecule has 0 spiro atoms. The van der Waals surface area contributed by atoms with Crippen LogP contribution in [-0.2, 0) is 16.1 Å². The van der Waals surface area contributed by atoms with Crippen LogP contribution in [0.25, 0.3) is 0 Å². The van der Waals surface area contributed by atoms with Gasteiger partial charge in [-0.2, -0.15) is 0 Å². The molecule has 190 valence electrons. The number of nitrogens with zero attached hydrogens (tertiary/aromatic N) is 2. The molecule has 2 heterocycles. The maximum Gasteiger partial charge on any atom is 0.242 e. The fraction of sp³-hybridized carbons (Fsp3) is 0.276. The Balaban J connectivity index is 1.41. The Morgan fingerprint density at radius 3 is 2.54 bits per heavy atom. The van der Waals surface area contributed by atoms with Crippen LogP contribution in [0.2, 0.25) is 0 Å². The summed E-state index contributed by atoms with van der Waals surface area (Å²) >= 11 is 1.34. The lowest BCUT2D eigenvalue weighted by atomic mass is 10.1. The molecule has 37 heavy (non-hydrogen) atoms. The first-order chi connectivity index (χ1) is 17.8. The summed E-state index contributed by atoms with van der Waals surface area (Å²) in [5.74, 6) is 1.02. The number of benzene rings is 3. The predicted molar refractivity (Wildman–Crippen MR) is 147 cm³/mol. The Labute approximate surface area is 220 Å². The van der Waals surface area contributed by atoms with E-state index in [2.05, 4.69) is 5.32 Å². The standard InChI is InChI=1S/C29H29N3O4S/c1-17-8-9-18(2)22(12-17)30-29-32(15-21-10-11-23-24(13-21)36-16-35-23)28(34)25(37-29)14-26(33)31-27-19(3)6-5-7-20(27)4/h5-13,25H,14-16H2,1-4H3,(H,31,33)/t25-/m1/s1. The quantitative estimate of drug-likeness (QED) is 0.448. The molecule has 7 nitrogen and oxygen atoms in total. The van der Waals surface area contributed by atoms with E-state index < -0.39 is 5.25 Å². The number of hydrogen-bond acceptors (Lipinski definition) is 6. The summed E-state index contributed by atoms with van der Waals surface area (Å²) in [7, 11) is 0. The molecule has 2 amide bonds. The van der Waals surface area contributed by atoms with E-state index in [0.29, 0.717) is 23.2 Å². The smallest absolute Gasteiger partial charge is 0.242 e. The van der Waals surface area contributed by atoms with E-state index in [0.717, 1.165) is 39.2 Å². The first-order valence-corrected chi connectivity index (χ1v) is 13.0. The molecule has 0 bridgehead atoms. The highest BCUT2D eigenvalue weighted by atomic mass is 32.2. The minimum absolute atomic E-state index is 0.0563. The van der Waals surface area contributed by atoms with E-state index in [1.54, 1.807) is 4.90 Å². The highest BCUT2D eigenvalue weighted by molar-refractivity contribution is 8.15. The number of nitrogens with one attached hydrogen (secondary N) is 1. The van der Waals surface area contributed by atoms with Crippen molar-refractivity contribution in [2.75, 3.05) is 12.1 Å². The molecule has 8 heteroatoms. The summed E-state index contributed by atoms with van der Waals surface area (Å²) in [6, 6.07) is 17.6. The van der Waals surface area contributed by atoms with Crippen molar-refractivity contribution in [1.29, 1.82) is 0 Å². The molecule has 2 aliphatic heterocycles. The first kappa shape index (κ1) is 24.9. The Morgan fingerprint density at radius 2 is 1.76 bits per heavy atom. The molecule has 0 aliphatic carbocycles. The highest BCUT2D eigenvalue weighted by Crippen LogP contribution is 2.37. The van der Waals surface area contributed by atoms with Gasteiger partial charge in [0.15, 0.2) is 16.7 Å². The van der Waals surface area contributed by atoms with E-state index in [1.165, 1.54) is 11.8 Å². The monoisotopic (exact) mass is 515 g/mol. The van der Waals surface area contributed by atoms with E-state index >= 15 is 0 Å². The molecule has 0 saturated carbocycles. The zero-order chi connectivity index (χ0) is 26.1. The number of thioether (sulfide) groups is 1. The van der Waals surface area contributed by atoms with Crippen LogP contribution in [0.4, 0.5) is 11.4 Å². The average Bonchev–Trinajstić information content (AvgIpc) is 3.44. The third-order valence-corrected chi connectivity index (χ3v) is 7.67. The average molecular weight is 516 g/mol. The van der Waals surface area contributed by atoms with Crippen molar-refractivity contribution >= 4 is 40.1 Å². The van der Waals surface area contributed by atoms with E-state index in [-0.39, 0.29) is 25.0 Å². The molecule has 1 saturated heterocycles. The van der Waals surface area contributed by atoms with Gasteiger partial charge in [0.2, 0.25) is 18.6 Å². The number of amides is 2. The fourth-order valence-corrected chi connectivity index (χ4v) is 5.56. The third kappa shape index (κ3) is 5.34. The van der Waals surface area contributed by atoms with Crippen LogP contribution >= 0.6 is 11.8 Å². The first-order valence-electron chi connectivity index (χ1n) is 12.2. The number of para-hydroxylation sites is 1. The molecule has 5 rings (SSSR count). The second-order valence-electron chi connectivity index (χ2n) is 9.42. The van der Waals surface area contributed by atoms with Gasteiger partial charge in [0.05, 0.1) is 12.2 Å². The van der Waals surface area contributed by atoms with Gasteiger partial charge in [-0.1, -0.05) is 48.2 Å². The Hall–Kier alpha value is -3.78. The molecule has 1 atom stereocenters. The predicted octanol–water partition coefficient (Wildman–Crippen LogP) is 5.81. The van der Waals surface area contributed by atoms with Crippen molar-refractivity contribution in [2.45, 2.75) is 45.9 Å². The number of amidine groups is 1. The van der Waals surface area contributed by atoms with Crippen molar-refractivity contribution in [2.24, 2.45) is 4.99 Å². The van der Waals surface area contributed by atoms with E-state index in [1.807, 2.05) is 82.3 Å². The number of ether oxygens (including phenoxy) is 2. The number of anilines is 1. The molecular weight excluding hydrogens is 486 g/mol. The van der Waals surface area contributed by atoms with Crippen molar-refractivity contribution in [3.8, 4) is 11.5 Å². The molecule has 1 fully saturated rings. The summed E-state index contributed by atoms with van der Waals surface area (Å²) in [5, 5.41) is 3.02. The van der Waals surface area contributed by atoms with Crippen LogP contribution in [-0.4, -0.2) is 33.9 Å². The van der Waals surface area contributed by atoms with Gasteiger partial charge in [-0.15, -0.1) is 0 Å². The number of hydrogen-bond donors (Lipinski definition) is 1. The van der Waals surface area contributed by atoms with E-state index in [9.17, 15) is 9.59 Å². The molecule has 3 aromatic carbocycles. The Kier molecular flexibility index (Phi) is 6.93. The number of carbonyl (C=O) groups is 2. The van der Waals surface area contributed by atoms with Crippen LogP contribution in [0.3, 0.4) is 0 Å². The highest BCUT2D eigenvalue weighted by Gasteiger charge is 2.39. The van der Waals surface area contributed by atoms with Gasteiger partial charge >= 0.3 is 0 Å². The lowest BCUT2D eigenvalue weighted by Crippen LogP contribution is -2.33. The van der Waals surface area contributed by atoms with Gasteiger partial charge in [0.25, 0.3) is 0 Å². The number of fused-ring (bicyclic) bond motifs is 1. The van der Waals surface area contributed by atoms with Crippen LogP contribution in [0.1, 0.15) is 34.2 Å². The number of rotatable bonds is 6. The summed E-state index contributed by atoms with van der Waals surface area (Å²) in [6.07, 6.45) is 0.0563. The summed E-state index contributed by atoms with van der Waals surface area (Å²) in [5.41, 5.74) is 6.58. The van der Waals surface area contributed by atoms with Gasteiger partial charge in [0, 0.05) is 12.1 Å². The molecule has 0 unspecified atom stereocenters. The van der Waals surface area contributed by atoms with Crippen LogP contribution in [0, 0.1) is 27.7 Å². The number of aryl methyl sites for hydroxylation is 4. The van der Waals surface area contributed by atoms with Crippen molar-refractivity contribution in [1.82, 2.24) is 4.90 Å².